The first-order chi connectivity index (χ1) is 10.0. The van der Waals surface area contributed by atoms with Crippen molar-refractivity contribution >= 4 is 17.3 Å². The Hall–Kier alpha value is -2.80. The summed E-state index contributed by atoms with van der Waals surface area (Å²) in [5, 5.41) is 22.1. The highest BCUT2D eigenvalue weighted by Crippen LogP contribution is 2.19. The molecule has 108 valence electrons. The van der Waals surface area contributed by atoms with Crippen molar-refractivity contribution in [3.05, 3.63) is 69.5 Å². The van der Waals surface area contributed by atoms with Gasteiger partial charge in [0.05, 0.1) is 17.1 Å². The van der Waals surface area contributed by atoms with Crippen LogP contribution in [0.3, 0.4) is 0 Å². The molecule has 0 bridgehead atoms. The monoisotopic (exact) mass is 290 g/mol. The van der Waals surface area contributed by atoms with Gasteiger partial charge in [0.15, 0.2) is 0 Å². The average molecular weight is 290 g/mol. The zero-order valence-electron chi connectivity index (χ0n) is 10.7. The number of nitro groups is 1. The molecule has 7 heteroatoms. The number of nitrogens with one attached hydrogen (secondary N) is 1. The van der Waals surface area contributed by atoms with Crippen molar-refractivity contribution in [1.29, 1.82) is 0 Å². The third kappa shape index (κ3) is 3.40. The van der Waals surface area contributed by atoms with Gasteiger partial charge in [0, 0.05) is 17.8 Å². The van der Waals surface area contributed by atoms with Crippen molar-refractivity contribution in [2.75, 3.05) is 5.32 Å². The van der Waals surface area contributed by atoms with Crippen LogP contribution in [0.15, 0.2) is 42.5 Å². The quantitative estimate of drug-likeness (QED) is 0.668. The van der Waals surface area contributed by atoms with E-state index in [0.29, 0.717) is 11.3 Å². The van der Waals surface area contributed by atoms with E-state index in [4.69, 9.17) is 5.11 Å². The largest absolute Gasteiger partial charge is 0.392 e. The molecule has 0 radical (unpaired) electrons. The Bertz CT molecular complexity index is 703. The highest BCUT2D eigenvalue weighted by molar-refractivity contribution is 6.04. The number of benzene rings is 2. The molecule has 0 unspecified atom stereocenters. The van der Waals surface area contributed by atoms with E-state index in [1.165, 1.54) is 6.07 Å². The Balaban J connectivity index is 2.27. The average Bonchev–Trinajstić information content (AvgIpc) is 2.47. The lowest BCUT2D eigenvalue weighted by Crippen LogP contribution is -2.14. The molecular weight excluding hydrogens is 279 g/mol. The predicted octanol–water partition coefficient (Wildman–Crippen LogP) is 2.48. The Morgan fingerprint density at radius 1 is 1.29 bits per heavy atom. The van der Waals surface area contributed by atoms with Gasteiger partial charge < -0.3 is 10.4 Å². The maximum atomic E-state index is 13.6. The molecule has 2 N–H and O–H groups in total. The molecular formula is C14H11FN2O4. The molecule has 2 rings (SSSR count). The van der Waals surface area contributed by atoms with Gasteiger partial charge in [-0.1, -0.05) is 12.1 Å². The summed E-state index contributed by atoms with van der Waals surface area (Å²) in [6, 6.07) is 9.09. The molecule has 0 saturated heterocycles. The summed E-state index contributed by atoms with van der Waals surface area (Å²) in [4.78, 5) is 21.9. The fourth-order valence-corrected chi connectivity index (χ4v) is 1.75. The fraction of sp³-hybridized carbons (Fsp3) is 0.0714. The van der Waals surface area contributed by atoms with Crippen molar-refractivity contribution in [2.45, 2.75) is 6.61 Å². The molecule has 0 aliphatic carbocycles. The molecule has 0 aliphatic rings. The van der Waals surface area contributed by atoms with Crippen LogP contribution < -0.4 is 5.32 Å². The van der Waals surface area contributed by atoms with E-state index in [1.807, 2.05) is 0 Å². The van der Waals surface area contributed by atoms with Crippen LogP contribution in [0.25, 0.3) is 0 Å². The van der Waals surface area contributed by atoms with Crippen molar-refractivity contribution in [1.82, 2.24) is 0 Å². The summed E-state index contributed by atoms with van der Waals surface area (Å²) in [7, 11) is 0. The molecule has 6 nitrogen and oxygen atoms in total. The first kappa shape index (κ1) is 14.6. The third-order valence-electron chi connectivity index (χ3n) is 2.77. The van der Waals surface area contributed by atoms with Crippen LogP contribution in [0.4, 0.5) is 15.8 Å². The molecule has 0 saturated carbocycles. The number of nitrogens with zero attached hydrogens (tertiary/aromatic N) is 1. The van der Waals surface area contributed by atoms with E-state index in [1.54, 1.807) is 18.2 Å². The van der Waals surface area contributed by atoms with Crippen LogP contribution in [-0.2, 0) is 6.61 Å². The summed E-state index contributed by atoms with van der Waals surface area (Å²) in [6.45, 7) is -0.200. The van der Waals surface area contributed by atoms with Gasteiger partial charge in [-0.2, -0.15) is 0 Å². The van der Waals surface area contributed by atoms with Gasteiger partial charge >= 0.3 is 0 Å². The molecule has 0 aromatic heterocycles. The first-order valence-corrected chi connectivity index (χ1v) is 5.96. The number of anilines is 1. The van der Waals surface area contributed by atoms with Gasteiger partial charge in [-0.25, -0.2) is 4.39 Å². The minimum Gasteiger partial charge on any atom is -0.392 e. The van der Waals surface area contributed by atoms with Crippen LogP contribution in [0.2, 0.25) is 0 Å². The van der Waals surface area contributed by atoms with Crippen LogP contribution in [-0.4, -0.2) is 15.9 Å². The van der Waals surface area contributed by atoms with E-state index >= 15 is 0 Å². The van der Waals surface area contributed by atoms with Gasteiger partial charge in [-0.3, -0.25) is 14.9 Å². The summed E-state index contributed by atoms with van der Waals surface area (Å²) in [5.41, 5.74) is 0.147. The van der Waals surface area contributed by atoms with Gasteiger partial charge in [0.1, 0.15) is 5.82 Å². The van der Waals surface area contributed by atoms with E-state index in [9.17, 15) is 19.3 Å². The second kappa shape index (κ2) is 6.10. The number of rotatable bonds is 4. The van der Waals surface area contributed by atoms with Crippen LogP contribution >= 0.6 is 0 Å². The van der Waals surface area contributed by atoms with Crippen molar-refractivity contribution < 1.29 is 19.2 Å². The molecule has 21 heavy (non-hydrogen) atoms. The number of hydrogen-bond donors (Lipinski definition) is 2. The second-order valence-corrected chi connectivity index (χ2v) is 4.23. The molecule has 2 aromatic carbocycles. The SMILES string of the molecule is O=C(Nc1cccc(CO)c1)c1cc([N+](=O)[O-])ccc1F. The number of aliphatic hydroxyl groups is 1. The number of halogens is 1. The first-order valence-electron chi connectivity index (χ1n) is 5.96. The highest BCUT2D eigenvalue weighted by Gasteiger charge is 2.17. The van der Waals surface area contributed by atoms with E-state index in [-0.39, 0.29) is 12.3 Å². The summed E-state index contributed by atoms with van der Waals surface area (Å²) in [6.07, 6.45) is 0. The lowest BCUT2D eigenvalue weighted by atomic mass is 10.1. The minimum absolute atomic E-state index is 0.200. The molecule has 1 amide bonds. The molecule has 0 aliphatic heterocycles. The predicted molar refractivity (Wildman–Crippen MR) is 73.4 cm³/mol. The second-order valence-electron chi connectivity index (χ2n) is 4.23. The smallest absolute Gasteiger partial charge is 0.270 e. The number of carbonyl (C=O) groups excluding carboxylic acids is 1. The van der Waals surface area contributed by atoms with E-state index in [2.05, 4.69) is 5.32 Å². The minimum atomic E-state index is -0.851. The summed E-state index contributed by atoms with van der Waals surface area (Å²) < 4.78 is 13.6. The molecule has 0 fully saturated rings. The molecule has 0 spiro atoms. The van der Waals surface area contributed by atoms with Gasteiger partial charge in [0.2, 0.25) is 0 Å². The Labute approximate surface area is 119 Å². The maximum Gasteiger partial charge on any atom is 0.270 e. The van der Waals surface area contributed by atoms with Gasteiger partial charge in [-0.05, 0) is 23.8 Å². The Morgan fingerprint density at radius 2 is 2.05 bits per heavy atom. The number of amides is 1. The lowest BCUT2D eigenvalue weighted by molar-refractivity contribution is -0.384. The zero-order chi connectivity index (χ0) is 15.4. The summed E-state index contributed by atoms with van der Waals surface area (Å²) >= 11 is 0. The fourth-order valence-electron chi connectivity index (χ4n) is 1.75. The lowest BCUT2D eigenvalue weighted by Gasteiger charge is -2.07. The number of hydrogen-bond acceptors (Lipinski definition) is 4. The Morgan fingerprint density at radius 3 is 2.71 bits per heavy atom. The molecule has 0 heterocycles. The number of aliphatic hydroxyl groups excluding tert-OH is 1. The molecule has 2 aromatic rings. The zero-order valence-corrected chi connectivity index (χ0v) is 10.7. The van der Waals surface area contributed by atoms with Gasteiger partial charge in [0.25, 0.3) is 11.6 Å². The third-order valence-corrected chi connectivity index (χ3v) is 2.77. The van der Waals surface area contributed by atoms with Crippen molar-refractivity contribution in [3.8, 4) is 0 Å². The topological polar surface area (TPSA) is 92.5 Å². The normalized spacial score (nSPS) is 10.2. The Kier molecular flexibility index (Phi) is 4.24. The van der Waals surface area contributed by atoms with E-state index in [0.717, 1.165) is 18.2 Å². The molecule has 0 atom stereocenters. The van der Waals surface area contributed by atoms with Crippen molar-refractivity contribution in [2.24, 2.45) is 0 Å². The van der Waals surface area contributed by atoms with Crippen LogP contribution in [0.5, 0.6) is 0 Å². The van der Waals surface area contributed by atoms with E-state index < -0.39 is 22.2 Å². The van der Waals surface area contributed by atoms with Gasteiger partial charge in [-0.15, -0.1) is 0 Å². The van der Waals surface area contributed by atoms with Crippen LogP contribution in [0.1, 0.15) is 15.9 Å². The van der Waals surface area contributed by atoms with Crippen molar-refractivity contribution in [3.63, 3.8) is 0 Å². The standard InChI is InChI=1S/C14H11FN2O4/c15-13-5-4-11(17(20)21)7-12(13)14(19)16-10-3-1-2-9(6-10)8-18/h1-7,18H,8H2,(H,16,19). The van der Waals surface area contributed by atoms with Crippen LogP contribution in [0, 0.1) is 15.9 Å². The summed E-state index contributed by atoms with van der Waals surface area (Å²) in [5.74, 6) is -1.65. The number of non-ortho nitro benzene ring substituents is 1. The number of nitro benzene ring substituents is 1. The number of carbonyl (C=O) groups is 1. The highest BCUT2D eigenvalue weighted by atomic mass is 19.1. The maximum absolute atomic E-state index is 13.6.